The second kappa shape index (κ2) is 9.80. The first-order valence-electron chi connectivity index (χ1n) is 8.96. The smallest absolute Gasteiger partial charge is 0.359 e. The van der Waals surface area contributed by atoms with E-state index in [2.05, 4.69) is 14.7 Å². The monoisotopic (exact) mass is 479 g/mol. The molecule has 11 heteroatoms. The predicted molar refractivity (Wildman–Crippen MR) is 115 cm³/mol. The van der Waals surface area contributed by atoms with Gasteiger partial charge in [-0.25, -0.2) is 23.9 Å². The minimum absolute atomic E-state index is 0.0496. The Kier molecular flexibility index (Phi) is 7.12. The molecule has 0 bridgehead atoms. The summed E-state index contributed by atoms with van der Waals surface area (Å²) in [6, 6.07) is 8.95. The number of carbonyl (C=O) groups excluding carboxylic acids is 2. The fraction of sp³-hybridized carbons (Fsp3) is 0.143. The number of anilines is 1. The average molecular weight is 480 g/mol. The molecule has 0 fully saturated rings. The van der Waals surface area contributed by atoms with Crippen LogP contribution in [0.1, 0.15) is 26.4 Å². The number of ether oxygens (including phenoxy) is 3. The molecule has 3 rings (SSSR count). The van der Waals surface area contributed by atoms with E-state index in [-0.39, 0.29) is 45.3 Å². The molecule has 0 saturated heterocycles. The summed E-state index contributed by atoms with van der Waals surface area (Å²) in [5.74, 6) is -2.86. The summed E-state index contributed by atoms with van der Waals surface area (Å²) in [7, 11) is 2.53. The SMILES string of the molecule is COC(=O)c1ccc(COC(=O)c2nc(-c3ccc(Cl)c(OC)c3F)nc(N)c2Cl)cc1. The number of nitrogens with two attached hydrogens (primary N) is 1. The fourth-order valence-corrected chi connectivity index (χ4v) is 3.07. The molecule has 0 unspecified atom stereocenters. The van der Waals surface area contributed by atoms with Crippen LogP contribution in [0.2, 0.25) is 10.0 Å². The molecule has 1 aromatic heterocycles. The summed E-state index contributed by atoms with van der Waals surface area (Å²) in [6.07, 6.45) is 0. The van der Waals surface area contributed by atoms with Gasteiger partial charge in [0.25, 0.3) is 0 Å². The molecule has 0 saturated carbocycles. The number of halogens is 3. The van der Waals surface area contributed by atoms with Crippen LogP contribution in [0, 0.1) is 5.82 Å². The summed E-state index contributed by atoms with van der Waals surface area (Å²) < 4.78 is 29.6. The number of hydrogen-bond donors (Lipinski definition) is 1. The normalized spacial score (nSPS) is 10.5. The van der Waals surface area contributed by atoms with E-state index in [4.69, 9.17) is 38.4 Å². The number of carbonyl (C=O) groups is 2. The van der Waals surface area contributed by atoms with E-state index < -0.39 is 17.8 Å². The molecule has 0 aliphatic heterocycles. The van der Waals surface area contributed by atoms with Crippen LogP contribution in [0.3, 0.4) is 0 Å². The zero-order chi connectivity index (χ0) is 23.4. The van der Waals surface area contributed by atoms with Crippen LogP contribution in [-0.4, -0.2) is 36.1 Å². The van der Waals surface area contributed by atoms with E-state index in [0.717, 1.165) is 0 Å². The topological polar surface area (TPSA) is 114 Å². The highest BCUT2D eigenvalue weighted by atomic mass is 35.5. The van der Waals surface area contributed by atoms with Crippen LogP contribution in [0.25, 0.3) is 11.4 Å². The third kappa shape index (κ3) is 4.74. The molecule has 166 valence electrons. The number of esters is 2. The Balaban J connectivity index is 1.86. The highest BCUT2D eigenvalue weighted by molar-refractivity contribution is 6.35. The number of benzene rings is 2. The molecule has 32 heavy (non-hydrogen) atoms. The highest BCUT2D eigenvalue weighted by Gasteiger charge is 2.23. The van der Waals surface area contributed by atoms with E-state index in [1.54, 1.807) is 12.1 Å². The van der Waals surface area contributed by atoms with Crippen molar-refractivity contribution in [2.45, 2.75) is 6.61 Å². The van der Waals surface area contributed by atoms with Crippen molar-refractivity contribution in [1.29, 1.82) is 0 Å². The molecule has 3 aromatic rings. The minimum Gasteiger partial charge on any atom is -0.492 e. The molecule has 1 heterocycles. The number of nitrogens with zero attached hydrogens (tertiary/aromatic N) is 2. The zero-order valence-corrected chi connectivity index (χ0v) is 18.3. The maximum absolute atomic E-state index is 14.8. The van der Waals surface area contributed by atoms with Gasteiger partial charge in [-0.15, -0.1) is 0 Å². The quantitative estimate of drug-likeness (QED) is 0.519. The summed E-state index contributed by atoms with van der Waals surface area (Å²) >= 11 is 12.0. The lowest BCUT2D eigenvalue weighted by atomic mass is 10.1. The van der Waals surface area contributed by atoms with Crippen molar-refractivity contribution < 1.29 is 28.2 Å². The zero-order valence-electron chi connectivity index (χ0n) is 16.8. The third-order valence-electron chi connectivity index (χ3n) is 4.31. The van der Waals surface area contributed by atoms with Crippen molar-refractivity contribution in [2.75, 3.05) is 20.0 Å². The van der Waals surface area contributed by atoms with Crippen LogP contribution in [-0.2, 0) is 16.1 Å². The van der Waals surface area contributed by atoms with Gasteiger partial charge in [-0.1, -0.05) is 35.3 Å². The maximum Gasteiger partial charge on any atom is 0.359 e. The van der Waals surface area contributed by atoms with Crippen molar-refractivity contribution in [3.8, 4) is 17.1 Å². The molecule has 0 atom stereocenters. The van der Waals surface area contributed by atoms with Crippen LogP contribution in [0.15, 0.2) is 36.4 Å². The average Bonchev–Trinajstić information content (AvgIpc) is 2.79. The first-order chi connectivity index (χ1) is 15.3. The van der Waals surface area contributed by atoms with Gasteiger partial charge in [-0.2, -0.15) is 0 Å². The van der Waals surface area contributed by atoms with Gasteiger partial charge < -0.3 is 19.9 Å². The number of nitrogen functional groups attached to an aromatic ring is 1. The van der Waals surface area contributed by atoms with E-state index in [1.165, 1.54) is 38.5 Å². The number of hydrogen-bond acceptors (Lipinski definition) is 8. The van der Waals surface area contributed by atoms with E-state index in [1.807, 2.05) is 0 Å². The number of rotatable bonds is 6. The van der Waals surface area contributed by atoms with Gasteiger partial charge in [0, 0.05) is 0 Å². The minimum atomic E-state index is -0.899. The van der Waals surface area contributed by atoms with Crippen LogP contribution >= 0.6 is 23.2 Å². The van der Waals surface area contributed by atoms with Crippen molar-refractivity contribution in [3.63, 3.8) is 0 Å². The Morgan fingerprint density at radius 3 is 2.34 bits per heavy atom. The number of aromatic nitrogens is 2. The van der Waals surface area contributed by atoms with Gasteiger partial charge in [-0.05, 0) is 29.8 Å². The van der Waals surface area contributed by atoms with E-state index >= 15 is 0 Å². The molecule has 0 aliphatic carbocycles. The van der Waals surface area contributed by atoms with Gasteiger partial charge in [0.2, 0.25) is 0 Å². The number of methoxy groups -OCH3 is 2. The van der Waals surface area contributed by atoms with E-state index in [9.17, 15) is 14.0 Å². The summed E-state index contributed by atoms with van der Waals surface area (Å²) in [5, 5.41) is -0.185. The maximum atomic E-state index is 14.8. The second-order valence-electron chi connectivity index (χ2n) is 6.30. The van der Waals surface area contributed by atoms with Crippen molar-refractivity contribution in [1.82, 2.24) is 9.97 Å². The Labute approximate surface area is 192 Å². The summed E-state index contributed by atoms with van der Waals surface area (Å²) in [4.78, 5) is 32.1. The van der Waals surface area contributed by atoms with Gasteiger partial charge in [0.05, 0.1) is 30.4 Å². The van der Waals surface area contributed by atoms with Crippen LogP contribution < -0.4 is 10.5 Å². The lowest BCUT2D eigenvalue weighted by molar-refractivity contribution is 0.0464. The van der Waals surface area contributed by atoms with E-state index in [0.29, 0.717) is 11.1 Å². The van der Waals surface area contributed by atoms with Gasteiger partial charge in [0.1, 0.15) is 17.4 Å². The summed E-state index contributed by atoms with van der Waals surface area (Å²) in [6.45, 7) is -0.140. The van der Waals surface area contributed by atoms with Gasteiger partial charge >= 0.3 is 11.9 Å². The lowest BCUT2D eigenvalue weighted by Crippen LogP contribution is -2.12. The Hall–Kier alpha value is -3.43. The molecular weight excluding hydrogens is 464 g/mol. The molecule has 0 amide bonds. The third-order valence-corrected chi connectivity index (χ3v) is 4.98. The molecule has 0 radical (unpaired) electrons. The van der Waals surface area contributed by atoms with Gasteiger partial charge in [-0.3, -0.25) is 0 Å². The molecule has 2 N–H and O–H groups in total. The Bertz CT molecular complexity index is 1190. The first-order valence-corrected chi connectivity index (χ1v) is 9.72. The highest BCUT2D eigenvalue weighted by Crippen LogP contribution is 2.35. The summed E-state index contributed by atoms with van der Waals surface area (Å²) in [5.41, 5.74) is 6.31. The first kappa shape index (κ1) is 23.2. The standard InChI is InChI=1S/C21H16Cl2FN3O5/c1-30-17-13(22)8-7-12(15(17)24)19-26-16(14(23)18(25)27-19)21(29)32-9-10-3-5-11(6-4-10)20(28)31-2/h3-8H,9H2,1-2H3,(H2,25,26,27). The Morgan fingerprint density at radius 1 is 1.03 bits per heavy atom. The second-order valence-corrected chi connectivity index (χ2v) is 7.09. The fourth-order valence-electron chi connectivity index (χ4n) is 2.68. The van der Waals surface area contributed by atoms with Gasteiger partial charge in [0.15, 0.2) is 23.1 Å². The van der Waals surface area contributed by atoms with Crippen LogP contribution in [0.4, 0.5) is 10.2 Å². The molecule has 8 nitrogen and oxygen atoms in total. The Morgan fingerprint density at radius 2 is 1.72 bits per heavy atom. The van der Waals surface area contributed by atoms with Crippen LogP contribution in [0.5, 0.6) is 5.75 Å². The molecule has 0 spiro atoms. The molecule has 0 aliphatic rings. The van der Waals surface area contributed by atoms with Crippen molar-refractivity contribution in [2.24, 2.45) is 0 Å². The predicted octanol–water partition coefficient (Wildman–Crippen LogP) is 4.32. The molecule has 2 aromatic carbocycles. The molecular formula is C21H16Cl2FN3O5. The lowest BCUT2D eigenvalue weighted by Gasteiger charge is -2.11. The largest absolute Gasteiger partial charge is 0.492 e. The van der Waals surface area contributed by atoms with Crippen molar-refractivity contribution >= 4 is 41.0 Å². The van der Waals surface area contributed by atoms with Crippen molar-refractivity contribution in [3.05, 3.63) is 69.1 Å².